The molecule has 1 aromatic carbocycles. The molecule has 0 bridgehead atoms. The number of benzene rings is 1. The summed E-state index contributed by atoms with van der Waals surface area (Å²) in [6.45, 7) is 4.94. The first-order valence-corrected chi connectivity index (χ1v) is 7.61. The lowest BCUT2D eigenvalue weighted by Crippen LogP contribution is -2.31. The van der Waals surface area contributed by atoms with Crippen LogP contribution in [-0.4, -0.2) is 42.2 Å². The van der Waals surface area contributed by atoms with E-state index in [-0.39, 0.29) is 12.5 Å². The normalized spacial score (nSPS) is 10.9. The molecular formula is C16H27N3O2. The molecule has 5 heteroatoms. The van der Waals surface area contributed by atoms with E-state index in [1.165, 1.54) is 0 Å². The van der Waals surface area contributed by atoms with Crippen molar-refractivity contribution in [3.05, 3.63) is 29.8 Å². The minimum absolute atomic E-state index is 0.0105. The lowest BCUT2D eigenvalue weighted by Gasteiger charge is -2.20. The molecule has 0 aliphatic carbocycles. The van der Waals surface area contributed by atoms with Gasteiger partial charge in [-0.2, -0.15) is 0 Å². The van der Waals surface area contributed by atoms with Gasteiger partial charge in [0.05, 0.1) is 6.61 Å². The molecule has 0 heterocycles. The second kappa shape index (κ2) is 10.3. The third-order valence-electron chi connectivity index (χ3n) is 3.35. The molecule has 1 amide bonds. The van der Waals surface area contributed by atoms with Gasteiger partial charge >= 0.3 is 0 Å². The minimum Gasteiger partial charge on any atom is -0.395 e. The Morgan fingerprint density at radius 3 is 2.81 bits per heavy atom. The molecule has 0 fully saturated rings. The first kappa shape index (κ1) is 17.6. The van der Waals surface area contributed by atoms with E-state index in [9.17, 15) is 4.79 Å². The molecule has 0 aliphatic heterocycles. The third kappa shape index (κ3) is 7.22. The van der Waals surface area contributed by atoms with Crippen molar-refractivity contribution < 1.29 is 9.90 Å². The zero-order valence-corrected chi connectivity index (χ0v) is 12.8. The summed E-state index contributed by atoms with van der Waals surface area (Å²) >= 11 is 0. The molecule has 21 heavy (non-hydrogen) atoms. The van der Waals surface area contributed by atoms with E-state index in [1.807, 2.05) is 24.3 Å². The van der Waals surface area contributed by atoms with E-state index in [2.05, 4.69) is 17.1 Å². The predicted molar refractivity (Wildman–Crippen MR) is 86.0 cm³/mol. The quantitative estimate of drug-likeness (QED) is 0.612. The summed E-state index contributed by atoms with van der Waals surface area (Å²) in [4.78, 5) is 14.1. The van der Waals surface area contributed by atoms with Crippen molar-refractivity contribution in [2.45, 2.75) is 32.7 Å². The molecule has 0 aromatic heterocycles. The van der Waals surface area contributed by atoms with Gasteiger partial charge in [0.1, 0.15) is 0 Å². The number of hydrogen-bond acceptors (Lipinski definition) is 4. The number of rotatable bonds is 10. The van der Waals surface area contributed by atoms with Crippen LogP contribution in [0.1, 0.15) is 31.7 Å². The average Bonchev–Trinajstić information content (AvgIpc) is 2.50. The van der Waals surface area contributed by atoms with Gasteiger partial charge in [0.2, 0.25) is 5.91 Å². The van der Waals surface area contributed by atoms with Crippen LogP contribution in [0.2, 0.25) is 0 Å². The summed E-state index contributed by atoms with van der Waals surface area (Å²) < 4.78 is 0. The van der Waals surface area contributed by atoms with Crippen LogP contribution in [0.5, 0.6) is 0 Å². The molecular weight excluding hydrogens is 266 g/mol. The lowest BCUT2D eigenvalue weighted by molar-refractivity contribution is -0.116. The Morgan fingerprint density at radius 1 is 1.33 bits per heavy atom. The molecule has 0 saturated heterocycles. The molecule has 118 valence electrons. The van der Waals surface area contributed by atoms with Gasteiger partial charge in [0.15, 0.2) is 0 Å². The molecule has 4 N–H and O–H groups in total. The summed E-state index contributed by atoms with van der Waals surface area (Å²) in [5.41, 5.74) is 7.37. The van der Waals surface area contributed by atoms with Crippen LogP contribution in [-0.2, 0) is 11.3 Å². The molecule has 0 radical (unpaired) electrons. The Labute approximate surface area is 127 Å². The van der Waals surface area contributed by atoms with Crippen molar-refractivity contribution in [2.24, 2.45) is 5.73 Å². The van der Waals surface area contributed by atoms with Crippen molar-refractivity contribution in [3.63, 3.8) is 0 Å². The van der Waals surface area contributed by atoms with Crippen LogP contribution in [0.15, 0.2) is 24.3 Å². The molecule has 0 atom stereocenters. The van der Waals surface area contributed by atoms with Crippen molar-refractivity contribution >= 4 is 11.6 Å². The predicted octanol–water partition coefficient (Wildman–Crippen LogP) is 1.57. The number of nitrogens with one attached hydrogen (secondary N) is 1. The highest BCUT2D eigenvalue weighted by Gasteiger charge is 2.08. The van der Waals surface area contributed by atoms with Crippen LogP contribution >= 0.6 is 0 Å². The molecule has 0 spiro atoms. The summed E-state index contributed by atoms with van der Waals surface area (Å²) in [5, 5.41) is 11.9. The van der Waals surface area contributed by atoms with E-state index in [1.54, 1.807) is 0 Å². The van der Waals surface area contributed by atoms with E-state index in [0.29, 0.717) is 26.1 Å². The van der Waals surface area contributed by atoms with Crippen molar-refractivity contribution in [2.75, 3.05) is 31.6 Å². The zero-order valence-electron chi connectivity index (χ0n) is 12.8. The Hall–Kier alpha value is -1.43. The Morgan fingerprint density at radius 2 is 2.14 bits per heavy atom. The topological polar surface area (TPSA) is 78.6 Å². The van der Waals surface area contributed by atoms with Gasteiger partial charge < -0.3 is 21.1 Å². The number of carbonyl (C=O) groups is 1. The van der Waals surface area contributed by atoms with Gasteiger partial charge in [0.25, 0.3) is 0 Å². The number of anilines is 1. The number of nitrogens with zero attached hydrogens (tertiary/aromatic N) is 1. The highest BCUT2D eigenvalue weighted by molar-refractivity contribution is 5.90. The van der Waals surface area contributed by atoms with Gasteiger partial charge in [-0.25, -0.2) is 0 Å². The molecule has 1 aromatic rings. The fraction of sp³-hybridized carbons (Fsp3) is 0.562. The summed E-state index contributed by atoms with van der Waals surface area (Å²) in [7, 11) is 0. The SMILES string of the molecule is CCCCN(CCO)CCC(=O)Nc1cccc(CN)c1. The van der Waals surface area contributed by atoms with Crippen LogP contribution in [0.25, 0.3) is 0 Å². The minimum atomic E-state index is -0.0105. The third-order valence-corrected chi connectivity index (χ3v) is 3.35. The molecule has 0 aliphatic rings. The lowest BCUT2D eigenvalue weighted by atomic mass is 10.2. The number of amides is 1. The van der Waals surface area contributed by atoms with Crippen molar-refractivity contribution in [1.29, 1.82) is 0 Å². The average molecular weight is 293 g/mol. The second-order valence-electron chi connectivity index (χ2n) is 5.12. The number of aliphatic hydroxyl groups excluding tert-OH is 1. The second-order valence-corrected chi connectivity index (χ2v) is 5.12. The standard InChI is InChI=1S/C16H27N3O2/c1-2-3-8-19(10-11-20)9-7-16(21)18-15-6-4-5-14(12-15)13-17/h4-6,12,20H,2-3,7-11,13,17H2,1H3,(H,18,21). The van der Waals surface area contributed by atoms with E-state index >= 15 is 0 Å². The van der Waals surface area contributed by atoms with Crippen LogP contribution < -0.4 is 11.1 Å². The van der Waals surface area contributed by atoms with Crippen molar-refractivity contribution in [1.82, 2.24) is 4.90 Å². The maximum absolute atomic E-state index is 12.0. The highest BCUT2D eigenvalue weighted by atomic mass is 16.3. The first-order valence-electron chi connectivity index (χ1n) is 7.61. The number of hydrogen-bond donors (Lipinski definition) is 3. The molecule has 1 rings (SSSR count). The number of unbranched alkanes of at least 4 members (excludes halogenated alkanes) is 1. The number of carbonyl (C=O) groups excluding carboxylic acids is 1. The van der Waals surface area contributed by atoms with Gasteiger partial charge in [0, 0.05) is 31.7 Å². The fourth-order valence-corrected chi connectivity index (χ4v) is 2.12. The number of aliphatic hydroxyl groups is 1. The Kier molecular flexibility index (Phi) is 8.66. The zero-order chi connectivity index (χ0) is 15.5. The monoisotopic (exact) mass is 293 g/mol. The smallest absolute Gasteiger partial charge is 0.225 e. The first-order chi connectivity index (χ1) is 10.2. The highest BCUT2D eigenvalue weighted by Crippen LogP contribution is 2.10. The van der Waals surface area contributed by atoms with E-state index in [4.69, 9.17) is 10.8 Å². The Bertz CT molecular complexity index is 424. The van der Waals surface area contributed by atoms with Gasteiger partial charge in [-0.3, -0.25) is 4.79 Å². The van der Waals surface area contributed by atoms with E-state index in [0.717, 1.165) is 30.6 Å². The Balaban J connectivity index is 2.40. The summed E-state index contributed by atoms with van der Waals surface area (Å²) in [6, 6.07) is 7.57. The maximum Gasteiger partial charge on any atom is 0.225 e. The van der Waals surface area contributed by atoms with Crippen LogP contribution in [0.4, 0.5) is 5.69 Å². The van der Waals surface area contributed by atoms with Gasteiger partial charge in [-0.1, -0.05) is 25.5 Å². The summed E-state index contributed by atoms with van der Waals surface area (Å²) in [6.07, 6.45) is 2.62. The summed E-state index contributed by atoms with van der Waals surface area (Å²) in [5.74, 6) is -0.0105. The van der Waals surface area contributed by atoms with Gasteiger partial charge in [-0.05, 0) is 30.7 Å². The fourth-order valence-electron chi connectivity index (χ4n) is 2.12. The molecule has 5 nitrogen and oxygen atoms in total. The number of nitrogens with two attached hydrogens (primary N) is 1. The molecule has 0 unspecified atom stereocenters. The van der Waals surface area contributed by atoms with Crippen LogP contribution in [0.3, 0.4) is 0 Å². The largest absolute Gasteiger partial charge is 0.395 e. The van der Waals surface area contributed by atoms with Gasteiger partial charge in [-0.15, -0.1) is 0 Å². The molecule has 0 saturated carbocycles. The van der Waals surface area contributed by atoms with Crippen LogP contribution in [0, 0.1) is 0 Å². The van der Waals surface area contributed by atoms with E-state index < -0.39 is 0 Å². The van der Waals surface area contributed by atoms with Crippen molar-refractivity contribution in [3.8, 4) is 0 Å². The maximum atomic E-state index is 12.0.